The minimum absolute atomic E-state index is 0.0371. The predicted molar refractivity (Wildman–Crippen MR) is 92.3 cm³/mol. The van der Waals surface area contributed by atoms with Gasteiger partial charge in [0, 0.05) is 15.4 Å². The number of fused-ring (bicyclic) bond motifs is 1. The third-order valence-electron chi connectivity index (χ3n) is 3.26. The highest BCUT2D eigenvalue weighted by atomic mass is 35.5. The molecule has 0 atom stereocenters. The molecule has 0 bridgehead atoms. The lowest BCUT2D eigenvalue weighted by molar-refractivity contribution is 0.104. The fourth-order valence-corrected chi connectivity index (χ4v) is 2.41. The predicted octanol–water partition coefficient (Wildman–Crippen LogP) is 5.00. The summed E-state index contributed by atoms with van der Waals surface area (Å²) >= 11 is 11.7. The van der Waals surface area contributed by atoms with Crippen molar-refractivity contribution in [2.45, 2.75) is 0 Å². The molecule has 0 aliphatic rings. The molecule has 1 aromatic heterocycles. The minimum Gasteiger partial charge on any atom is -0.422 e. The molecule has 5 heteroatoms. The van der Waals surface area contributed by atoms with Crippen LogP contribution in [0.2, 0.25) is 10.0 Å². The van der Waals surface area contributed by atoms with E-state index in [1.54, 1.807) is 48.5 Å². The highest BCUT2D eigenvalue weighted by Gasteiger charge is 2.11. The second-order valence-electron chi connectivity index (χ2n) is 4.88. The largest absolute Gasteiger partial charge is 0.422 e. The Morgan fingerprint density at radius 2 is 1.65 bits per heavy atom. The van der Waals surface area contributed by atoms with E-state index < -0.39 is 11.4 Å². The van der Waals surface area contributed by atoms with Gasteiger partial charge in [-0.25, -0.2) is 4.79 Å². The molecule has 3 nitrogen and oxygen atoms in total. The van der Waals surface area contributed by atoms with Gasteiger partial charge < -0.3 is 4.42 Å². The molecule has 3 aromatic rings. The van der Waals surface area contributed by atoms with Crippen molar-refractivity contribution in [2.24, 2.45) is 0 Å². The SMILES string of the molecule is O=C(/C=C\c1ccc(Cl)cc1)c1cc2cc(Cl)ccc2oc1=O. The number of ketones is 1. The van der Waals surface area contributed by atoms with Crippen LogP contribution in [0.3, 0.4) is 0 Å². The van der Waals surface area contributed by atoms with E-state index in [0.29, 0.717) is 21.0 Å². The van der Waals surface area contributed by atoms with Crippen LogP contribution in [0.1, 0.15) is 15.9 Å². The topological polar surface area (TPSA) is 47.3 Å². The Balaban J connectivity index is 1.95. The fourth-order valence-electron chi connectivity index (χ4n) is 2.10. The van der Waals surface area contributed by atoms with Gasteiger partial charge in [-0.3, -0.25) is 4.79 Å². The standard InChI is InChI=1S/C18H10Cl2O3/c19-13-4-1-11(2-5-13)3-7-16(21)15-10-12-9-14(20)6-8-17(12)23-18(15)22/h1-10H/b7-3-. The molecule has 0 aliphatic heterocycles. The van der Waals surface area contributed by atoms with Gasteiger partial charge in [-0.15, -0.1) is 0 Å². The van der Waals surface area contributed by atoms with E-state index in [-0.39, 0.29) is 5.56 Å². The highest BCUT2D eigenvalue weighted by molar-refractivity contribution is 6.31. The normalized spacial score (nSPS) is 11.2. The molecule has 0 aliphatic carbocycles. The van der Waals surface area contributed by atoms with Gasteiger partial charge in [0.15, 0.2) is 5.78 Å². The van der Waals surface area contributed by atoms with E-state index in [4.69, 9.17) is 27.6 Å². The Morgan fingerprint density at radius 3 is 2.39 bits per heavy atom. The second-order valence-corrected chi connectivity index (χ2v) is 5.75. The molecule has 0 spiro atoms. The fraction of sp³-hybridized carbons (Fsp3) is 0. The first-order chi connectivity index (χ1) is 11.0. The van der Waals surface area contributed by atoms with Gasteiger partial charge in [-0.1, -0.05) is 41.4 Å². The van der Waals surface area contributed by atoms with Crippen molar-refractivity contribution < 1.29 is 9.21 Å². The first-order valence-electron chi connectivity index (χ1n) is 6.74. The number of hydrogen-bond acceptors (Lipinski definition) is 3. The zero-order chi connectivity index (χ0) is 16.4. The van der Waals surface area contributed by atoms with Crippen LogP contribution in [0, 0.1) is 0 Å². The number of allylic oxidation sites excluding steroid dienone is 1. The first-order valence-corrected chi connectivity index (χ1v) is 7.50. The molecule has 2 aromatic carbocycles. The highest BCUT2D eigenvalue weighted by Crippen LogP contribution is 2.19. The zero-order valence-corrected chi connectivity index (χ0v) is 13.3. The molecule has 0 unspecified atom stereocenters. The van der Waals surface area contributed by atoms with E-state index in [9.17, 15) is 9.59 Å². The van der Waals surface area contributed by atoms with Crippen molar-refractivity contribution in [2.75, 3.05) is 0 Å². The molecule has 3 rings (SSSR count). The first kappa shape index (κ1) is 15.5. The summed E-state index contributed by atoms with van der Waals surface area (Å²) in [5.41, 5.74) is 0.476. The average molecular weight is 345 g/mol. The van der Waals surface area contributed by atoms with Crippen molar-refractivity contribution in [1.82, 2.24) is 0 Å². The zero-order valence-electron chi connectivity index (χ0n) is 11.8. The van der Waals surface area contributed by atoms with Crippen LogP contribution in [-0.2, 0) is 0 Å². The maximum absolute atomic E-state index is 12.2. The number of carbonyl (C=O) groups excluding carboxylic acids is 1. The van der Waals surface area contributed by atoms with Gasteiger partial charge in [0.25, 0.3) is 0 Å². The summed E-state index contributed by atoms with van der Waals surface area (Å²) in [6.45, 7) is 0. The molecule has 114 valence electrons. The molecular weight excluding hydrogens is 335 g/mol. The van der Waals surface area contributed by atoms with E-state index in [1.807, 2.05) is 0 Å². The molecule has 0 radical (unpaired) electrons. The van der Waals surface area contributed by atoms with Crippen molar-refractivity contribution in [1.29, 1.82) is 0 Å². The monoisotopic (exact) mass is 344 g/mol. The number of benzene rings is 2. The Morgan fingerprint density at radius 1 is 0.957 bits per heavy atom. The van der Waals surface area contributed by atoms with Crippen LogP contribution in [0.4, 0.5) is 0 Å². The molecule has 23 heavy (non-hydrogen) atoms. The second kappa shape index (κ2) is 6.41. The van der Waals surface area contributed by atoms with E-state index in [0.717, 1.165) is 5.56 Å². The summed E-state index contributed by atoms with van der Waals surface area (Å²) in [5, 5.41) is 1.71. The van der Waals surface area contributed by atoms with E-state index >= 15 is 0 Å². The van der Waals surface area contributed by atoms with E-state index in [1.165, 1.54) is 12.1 Å². The summed E-state index contributed by atoms with van der Waals surface area (Å²) in [5.74, 6) is -0.435. The smallest absolute Gasteiger partial charge is 0.347 e. The quantitative estimate of drug-likeness (QED) is 0.381. The third-order valence-corrected chi connectivity index (χ3v) is 3.74. The molecule has 0 amide bonds. The third kappa shape index (κ3) is 3.52. The van der Waals surface area contributed by atoms with Gasteiger partial charge in [-0.05, 0) is 48.0 Å². The van der Waals surface area contributed by atoms with Crippen molar-refractivity contribution >= 4 is 46.0 Å². The number of rotatable bonds is 3. The Hall–Kier alpha value is -2.36. The van der Waals surface area contributed by atoms with Crippen LogP contribution in [0.15, 0.2) is 63.8 Å². The van der Waals surface area contributed by atoms with E-state index in [2.05, 4.69) is 0 Å². The molecular formula is C18H10Cl2O3. The maximum Gasteiger partial charge on any atom is 0.347 e. The van der Waals surface area contributed by atoms with Crippen LogP contribution in [0.25, 0.3) is 17.0 Å². The van der Waals surface area contributed by atoms with Crippen molar-refractivity contribution in [3.05, 3.63) is 86.2 Å². The number of halogens is 2. The number of carbonyl (C=O) groups is 1. The molecule has 1 heterocycles. The summed E-state index contributed by atoms with van der Waals surface area (Å²) in [7, 11) is 0. The lowest BCUT2D eigenvalue weighted by Crippen LogP contribution is -2.11. The van der Waals surface area contributed by atoms with Crippen LogP contribution in [-0.4, -0.2) is 5.78 Å². The molecule has 0 saturated heterocycles. The summed E-state index contributed by atoms with van der Waals surface area (Å²) in [6.07, 6.45) is 2.94. The van der Waals surface area contributed by atoms with Gasteiger partial charge >= 0.3 is 5.63 Å². The Labute approximate surface area is 141 Å². The minimum atomic E-state index is -0.675. The lowest BCUT2D eigenvalue weighted by atomic mass is 10.1. The molecule has 0 N–H and O–H groups in total. The number of hydrogen-bond donors (Lipinski definition) is 0. The van der Waals surface area contributed by atoms with Gasteiger partial charge in [-0.2, -0.15) is 0 Å². The maximum atomic E-state index is 12.2. The molecule has 0 fully saturated rings. The Bertz CT molecular complexity index is 970. The summed E-state index contributed by atoms with van der Waals surface area (Å²) < 4.78 is 5.15. The Kier molecular flexibility index (Phi) is 4.33. The van der Waals surface area contributed by atoms with Crippen LogP contribution < -0.4 is 5.63 Å². The molecule has 0 saturated carbocycles. The van der Waals surface area contributed by atoms with Gasteiger partial charge in [0.2, 0.25) is 0 Å². The van der Waals surface area contributed by atoms with Gasteiger partial charge in [0.1, 0.15) is 11.1 Å². The summed E-state index contributed by atoms with van der Waals surface area (Å²) in [6, 6.07) is 13.3. The van der Waals surface area contributed by atoms with Crippen molar-refractivity contribution in [3.63, 3.8) is 0 Å². The van der Waals surface area contributed by atoms with Crippen molar-refractivity contribution in [3.8, 4) is 0 Å². The van der Waals surface area contributed by atoms with Crippen LogP contribution >= 0.6 is 23.2 Å². The average Bonchev–Trinajstić information content (AvgIpc) is 2.54. The van der Waals surface area contributed by atoms with Crippen LogP contribution in [0.5, 0.6) is 0 Å². The van der Waals surface area contributed by atoms with Gasteiger partial charge in [0.05, 0.1) is 0 Å². The lowest BCUT2D eigenvalue weighted by Gasteiger charge is -2.00. The summed E-state index contributed by atoms with van der Waals surface area (Å²) in [4.78, 5) is 24.2.